The van der Waals surface area contributed by atoms with E-state index in [9.17, 15) is 4.79 Å². The lowest BCUT2D eigenvalue weighted by Gasteiger charge is -2.36. The van der Waals surface area contributed by atoms with Crippen molar-refractivity contribution in [3.8, 4) is 0 Å². The van der Waals surface area contributed by atoms with Gasteiger partial charge < -0.3 is 11.1 Å². The normalized spacial score (nSPS) is 16.6. The Balaban J connectivity index is 1.66. The fraction of sp³-hybridized carbons (Fsp3) is 0.409. The fourth-order valence-corrected chi connectivity index (χ4v) is 5.13. The van der Waals surface area contributed by atoms with Crippen LogP contribution in [0.5, 0.6) is 0 Å². The molecule has 152 valence electrons. The number of hydrogen-bond donors (Lipinski definition) is 2. The molecule has 1 unspecified atom stereocenters. The summed E-state index contributed by atoms with van der Waals surface area (Å²) in [5.41, 5.74) is 10.0. The number of halogens is 1. The predicted octanol–water partition coefficient (Wildman–Crippen LogP) is 5.72. The summed E-state index contributed by atoms with van der Waals surface area (Å²) in [4.78, 5) is 22.9. The summed E-state index contributed by atoms with van der Waals surface area (Å²) in [7, 11) is 0. The number of fused-ring (bicyclic) bond motifs is 2. The minimum absolute atomic E-state index is 0.249. The summed E-state index contributed by atoms with van der Waals surface area (Å²) in [6.45, 7) is 6.95. The van der Waals surface area contributed by atoms with Gasteiger partial charge >= 0.3 is 0 Å². The zero-order valence-corrected chi connectivity index (χ0v) is 18.5. The van der Waals surface area contributed by atoms with Gasteiger partial charge in [-0.05, 0) is 54.4 Å². The van der Waals surface area contributed by atoms with E-state index in [0.29, 0.717) is 27.6 Å². The second-order valence-corrected chi connectivity index (χ2v) is 9.73. The van der Waals surface area contributed by atoms with E-state index in [4.69, 9.17) is 22.3 Å². The van der Waals surface area contributed by atoms with E-state index in [1.54, 1.807) is 18.3 Å². The van der Waals surface area contributed by atoms with E-state index in [1.165, 1.54) is 16.9 Å². The van der Waals surface area contributed by atoms with Crippen LogP contribution in [0, 0.1) is 11.3 Å². The molecule has 3 N–H and O–H groups in total. The molecule has 29 heavy (non-hydrogen) atoms. The van der Waals surface area contributed by atoms with Crippen LogP contribution >= 0.6 is 22.9 Å². The number of anilines is 2. The Labute approximate surface area is 179 Å². The van der Waals surface area contributed by atoms with Gasteiger partial charge in [-0.25, -0.2) is 9.97 Å². The molecule has 4 rings (SSSR count). The Hall–Kier alpha value is -2.18. The highest BCUT2D eigenvalue weighted by Crippen LogP contribution is 2.42. The number of aromatic nitrogens is 2. The second-order valence-electron chi connectivity index (χ2n) is 8.37. The van der Waals surface area contributed by atoms with E-state index in [1.807, 2.05) is 0 Å². The van der Waals surface area contributed by atoms with Gasteiger partial charge in [0.2, 0.25) is 0 Å². The van der Waals surface area contributed by atoms with Crippen molar-refractivity contribution in [3.05, 3.63) is 45.7 Å². The van der Waals surface area contributed by atoms with Gasteiger partial charge in [-0.1, -0.05) is 38.8 Å². The molecule has 0 aliphatic heterocycles. The molecule has 0 spiro atoms. The van der Waals surface area contributed by atoms with Crippen LogP contribution in [0.1, 0.15) is 54.5 Å². The third kappa shape index (κ3) is 3.71. The van der Waals surface area contributed by atoms with Crippen LogP contribution in [-0.2, 0) is 12.8 Å². The number of carbonyl (C=O) groups excluding carboxylic acids is 1. The van der Waals surface area contributed by atoms with Gasteiger partial charge in [0.25, 0.3) is 5.91 Å². The van der Waals surface area contributed by atoms with E-state index in [-0.39, 0.29) is 11.1 Å². The highest BCUT2D eigenvalue weighted by molar-refractivity contribution is 7.21. The number of pyridine rings is 2. The van der Waals surface area contributed by atoms with Crippen LogP contribution in [0.2, 0.25) is 5.15 Å². The molecule has 1 amide bonds. The molecule has 1 atom stereocenters. The Bertz CT molecular complexity index is 1090. The summed E-state index contributed by atoms with van der Waals surface area (Å²) >= 11 is 7.39. The molecule has 5 nitrogen and oxygen atoms in total. The summed E-state index contributed by atoms with van der Waals surface area (Å²) in [5.74, 6) is 0.345. The Morgan fingerprint density at radius 2 is 2.24 bits per heavy atom. The average Bonchev–Trinajstić information content (AvgIpc) is 3.03. The van der Waals surface area contributed by atoms with Crippen molar-refractivity contribution >= 4 is 50.4 Å². The lowest BCUT2D eigenvalue weighted by molar-refractivity contribution is 0.103. The number of carbonyl (C=O) groups is 1. The van der Waals surface area contributed by atoms with Crippen molar-refractivity contribution in [2.45, 2.75) is 46.5 Å². The molecule has 0 radical (unpaired) electrons. The van der Waals surface area contributed by atoms with Crippen molar-refractivity contribution in [2.24, 2.45) is 11.3 Å². The monoisotopic (exact) mass is 428 g/mol. The van der Waals surface area contributed by atoms with Crippen LogP contribution in [-0.4, -0.2) is 15.9 Å². The lowest BCUT2D eigenvalue weighted by atomic mass is 9.69. The molecule has 1 aliphatic rings. The molecule has 0 bridgehead atoms. The Morgan fingerprint density at radius 1 is 1.45 bits per heavy atom. The molecule has 3 aromatic rings. The van der Waals surface area contributed by atoms with Gasteiger partial charge in [-0.3, -0.25) is 4.79 Å². The van der Waals surface area contributed by atoms with Crippen molar-refractivity contribution in [1.82, 2.24) is 9.97 Å². The third-order valence-electron chi connectivity index (χ3n) is 6.32. The standard InChI is InChI=1S/C22H25ClN4OS/c1-4-22(2,3)13-7-8-15-12(10-13)11-14-17(24)18(29-21(14)27-15)20(28)26-16-6-5-9-25-19(16)23/h5-6,9,11,13H,4,7-8,10,24H2,1-3H3,(H,26,28). The first-order valence-electron chi connectivity index (χ1n) is 9.92. The Morgan fingerprint density at radius 3 is 2.97 bits per heavy atom. The van der Waals surface area contributed by atoms with E-state index in [2.05, 4.69) is 37.1 Å². The van der Waals surface area contributed by atoms with Crippen molar-refractivity contribution in [1.29, 1.82) is 0 Å². The number of hydrogen-bond acceptors (Lipinski definition) is 5. The molecule has 0 aromatic carbocycles. The fourth-order valence-electron chi connectivity index (χ4n) is 3.97. The van der Waals surface area contributed by atoms with Gasteiger partial charge in [0.05, 0.1) is 11.4 Å². The molecule has 0 saturated heterocycles. The lowest BCUT2D eigenvalue weighted by Crippen LogP contribution is -2.29. The zero-order valence-electron chi connectivity index (χ0n) is 16.9. The number of nitrogens with two attached hydrogens (primary N) is 1. The van der Waals surface area contributed by atoms with Gasteiger partial charge in [0.1, 0.15) is 9.71 Å². The molecule has 3 heterocycles. The number of thiophene rings is 1. The van der Waals surface area contributed by atoms with Crippen molar-refractivity contribution in [3.63, 3.8) is 0 Å². The molecule has 0 saturated carbocycles. The van der Waals surface area contributed by atoms with E-state index < -0.39 is 0 Å². The van der Waals surface area contributed by atoms with E-state index >= 15 is 0 Å². The number of aryl methyl sites for hydroxylation is 1. The number of rotatable bonds is 4. The van der Waals surface area contributed by atoms with Gasteiger partial charge in [0.15, 0.2) is 5.15 Å². The first-order chi connectivity index (χ1) is 13.8. The van der Waals surface area contributed by atoms with E-state index in [0.717, 1.165) is 41.6 Å². The maximum absolute atomic E-state index is 12.8. The quantitative estimate of drug-likeness (QED) is 0.520. The number of nitrogens with zero attached hydrogens (tertiary/aromatic N) is 2. The molecule has 3 aromatic heterocycles. The van der Waals surface area contributed by atoms with Crippen molar-refractivity contribution in [2.75, 3.05) is 11.1 Å². The van der Waals surface area contributed by atoms with Gasteiger partial charge in [-0.2, -0.15) is 0 Å². The highest BCUT2D eigenvalue weighted by atomic mass is 35.5. The molecule has 1 aliphatic carbocycles. The molecule has 0 fully saturated rings. The predicted molar refractivity (Wildman–Crippen MR) is 121 cm³/mol. The first kappa shape index (κ1) is 20.1. The minimum atomic E-state index is -0.289. The van der Waals surface area contributed by atoms with Crippen LogP contribution in [0.15, 0.2) is 24.4 Å². The smallest absolute Gasteiger partial charge is 0.268 e. The Kier molecular flexibility index (Phi) is 5.25. The zero-order chi connectivity index (χ0) is 20.8. The number of nitrogens with one attached hydrogen (secondary N) is 1. The molecule has 7 heteroatoms. The topological polar surface area (TPSA) is 80.9 Å². The van der Waals surface area contributed by atoms with Gasteiger partial charge in [-0.15, -0.1) is 11.3 Å². The second kappa shape index (κ2) is 7.58. The van der Waals surface area contributed by atoms with Gasteiger partial charge in [0, 0.05) is 17.3 Å². The summed E-state index contributed by atoms with van der Waals surface area (Å²) in [5, 5.41) is 3.92. The van der Waals surface area contributed by atoms with Crippen LogP contribution in [0.25, 0.3) is 10.2 Å². The first-order valence-corrected chi connectivity index (χ1v) is 11.1. The molecular weight excluding hydrogens is 404 g/mol. The molecular formula is C22H25ClN4OS. The third-order valence-corrected chi connectivity index (χ3v) is 7.73. The summed E-state index contributed by atoms with van der Waals surface area (Å²) < 4.78 is 0. The highest BCUT2D eigenvalue weighted by Gasteiger charge is 2.32. The SMILES string of the molecule is CCC(C)(C)C1CCc2nc3sc(C(=O)Nc4cccnc4Cl)c(N)c3cc2C1. The van der Waals surface area contributed by atoms with Crippen molar-refractivity contribution < 1.29 is 4.79 Å². The maximum atomic E-state index is 12.8. The summed E-state index contributed by atoms with van der Waals surface area (Å²) in [6.07, 6.45) is 5.88. The maximum Gasteiger partial charge on any atom is 0.268 e. The van der Waals surface area contributed by atoms with Crippen LogP contribution in [0.3, 0.4) is 0 Å². The number of amides is 1. The average molecular weight is 429 g/mol. The minimum Gasteiger partial charge on any atom is -0.397 e. The summed E-state index contributed by atoms with van der Waals surface area (Å²) in [6, 6.07) is 5.58. The number of nitrogen functional groups attached to an aromatic ring is 1. The largest absolute Gasteiger partial charge is 0.397 e. The van der Waals surface area contributed by atoms with Crippen LogP contribution in [0.4, 0.5) is 11.4 Å². The van der Waals surface area contributed by atoms with Crippen LogP contribution < -0.4 is 11.1 Å².